The Bertz CT molecular complexity index is 2610. The fraction of sp³-hybridized carbons (Fsp3) is 0.490. The molecule has 0 radical (unpaired) electrons. The van der Waals surface area contributed by atoms with Crippen molar-refractivity contribution in [2.45, 2.75) is 125 Å². The Kier molecular flexibility index (Phi) is 11.8. The van der Waals surface area contributed by atoms with E-state index in [1.807, 2.05) is 24.1 Å². The molecule has 344 valence electrons. The van der Waals surface area contributed by atoms with Gasteiger partial charge in [-0.2, -0.15) is 0 Å². The minimum Gasteiger partial charge on any atom is -0.352 e. The van der Waals surface area contributed by atoms with E-state index in [0.717, 1.165) is 48.8 Å². The summed E-state index contributed by atoms with van der Waals surface area (Å²) in [7, 11) is 1.92. The van der Waals surface area contributed by atoms with E-state index >= 15 is 4.39 Å². The zero-order chi connectivity index (χ0) is 46.1. The summed E-state index contributed by atoms with van der Waals surface area (Å²) >= 11 is 12.9. The van der Waals surface area contributed by atoms with Gasteiger partial charge in [-0.05, 0) is 112 Å². The minimum absolute atomic E-state index is 0.0701. The summed E-state index contributed by atoms with van der Waals surface area (Å²) in [5, 5.41) is 9.19. The lowest BCUT2D eigenvalue weighted by atomic mass is 9.55. The van der Waals surface area contributed by atoms with Crippen molar-refractivity contribution >= 4 is 64.3 Å². The maximum Gasteiger partial charge on any atom is 0.255 e. The topological polar surface area (TPSA) is 148 Å². The van der Waals surface area contributed by atoms with Crippen molar-refractivity contribution in [3.05, 3.63) is 98.3 Å². The van der Waals surface area contributed by atoms with Crippen LogP contribution >= 0.6 is 23.2 Å². The minimum atomic E-state index is -1.30. The first kappa shape index (κ1) is 44.5. The zero-order valence-electron chi connectivity index (χ0n) is 36.9. The van der Waals surface area contributed by atoms with Gasteiger partial charge in [-0.3, -0.25) is 39.0 Å². The summed E-state index contributed by atoms with van der Waals surface area (Å²) in [4.78, 5) is 86.8. The molecule has 66 heavy (non-hydrogen) atoms. The maximum atomic E-state index is 16.5. The van der Waals surface area contributed by atoms with Gasteiger partial charge in [-0.1, -0.05) is 78.6 Å². The third-order valence-electron chi connectivity index (χ3n) is 16.1. The van der Waals surface area contributed by atoms with Crippen LogP contribution < -0.4 is 16.0 Å². The highest BCUT2D eigenvalue weighted by Crippen LogP contribution is 2.66. The number of fused-ring (bicyclic) bond motifs is 4. The molecule has 0 bridgehead atoms. The van der Waals surface area contributed by atoms with Gasteiger partial charge in [0.05, 0.1) is 11.1 Å². The van der Waals surface area contributed by atoms with Crippen LogP contribution in [0.4, 0.5) is 10.1 Å². The van der Waals surface area contributed by atoms with Crippen LogP contribution in [0.15, 0.2) is 54.6 Å². The van der Waals surface area contributed by atoms with Crippen LogP contribution in [0, 0.1) is 29.5 Å². The van der Waals surface area contributed by atoms with Crippen molar-refractivity contribution in [1.82, 2.24) is 25.3 Å². The zero-order valence-corrected chi connectivity index (χ0v) is 38.4. The average molecular weight is 936 g/mol. The van der Waals surface area contributed by atoms with Gasteiger partial charge >= 0.3 is 0 Å². The Morgan fingerprint density at radius 2 is 1.62 bits per heavy atom. The van der Waals surface area contributed by atoms with E-state index in [4.69, 9.17) is 23.2 Å². The van der Waals surface area contributed by atoms with Crippen LogP contribution in [-0.4, -0.2) is 93.9 Å². The van der Waals surface area contributed by atoms with E-state index in [-0.39, 0.29) is 71.0 Å². The number of imide groups is 1. The highest BCUT2D eigenvalue weighted by molar-refractivity contribution is 6.31. The number of nitrogens with one attached hydrogen (secondary N) is 3. The summed E-state index contributed by atoms with van der Waals surface area (Å²) < 4.78 is 16.5. The normalized spacial score (nSPS) is 28.5. The molecule has 3 aromatic carbocycles. The first-order valence-electron chi connectivity index (χ1n) is 23.5. The number of hydrogen-bond donors (Lipinski definition) is 3. The molecule has 2 aliphatic carbocycles. The molecule has 1 unspecified atom stereocenters. The van der Waals surface area contributed by atoms with Crippen molar-refractivity contribution in [3.8, 4) is 11.8 Å². The number of nitrogens with zero attached hydrogens (tertiary/aromatic N) is 3. The van der Waals surface area contributed by atoms with E-state index in [1.165, 1.54) is 11.0 Å². The van der Waals surface area contributed by atoms with Crippen LogP contribution in [0.3, 0.4) is 0 Å². The summed E-state index contributed by atoms with van der Waals surface area (Å²) in [6.45, 7) is 1.44. The first-order chi connectivity index (χ1) is 31.8. The molecular formula is C51H53Cl2FN6O6. The van der Waals surface area contributed by atoms with Crippen LogP contribution in [0.2, 0.25) is 10.0 Å². The number of halogens is 3. The molecule has 6 amide bonds. The average Bonchev–Trinajstić information content (AvgIpc) is 3.88. The number of benzene rings is 3. The van der Waals surface area contributed by atoms with E-state index < -0.39 is 40.7 Å². The molecule has 12 nitrogen and oxygen atoms in total. The van der Waals surface area contributed by atoms with Gasteiger partial charge in [-0.15, -0.1) is 0 Å². The fourth-order valence-corrected chi connectivity index (χ4v) is 13.3. The van der Waals surface area contributed by atoms with Gasteiger partial charge in [-0.25, -0.2) is 4.39 Å². The number of anilines is 1. The second-order valence-electron chi connectivity index (χ2n) is 19.4. The van der Waals surface area contributed by atoms with Gasteiger partial charge in [0.25, 0.3) is 5.91 Å². The smallest absolute Gasteiger partial charge is 0.255 e. The van der Waals surface area contributed by atoms with Crippen LogP contribution in [-0.2, 0) is 35.9 Å². The number of piperidine rings is 2. The predicted octanol–water partition coefficient (Wildman–Crippen LogP) is 6.85. The van der Waals surface area contributed by atoms with Crippen molar-refractivity contribution in [1.29, 1.82) is 0 Å². The molecule has 15 heteroatoms. The molecule has 5 fully saturated rings. The SMILES string of the molecule is CN1[C@@H](C(=O)NC2CCC(C(=O)N3CCC(C#Cc4cccc5c4CN(C4CCC(=O)NC4=O)C5=O)CC3)CC2)[C@H](c2cccc(Cl)c2F)[C@]2(C(=O)Nc3cc(Cl)ccc32)C12CCCCC2. The Morgan fingerprint density at radius 1 is 0.879 bits per heavy atom. The largest absolute Gasteiger partial charge is 0.352 e. The second-order valence-corrected chi connectivity index (χ2v) is 20.2. The van der Waals surface area contributed by atoms with Gasteiger partial charge in [0.15, 0.2) is 0 Å². The predicted molar refractivity (Wildman–Crippen MR) is 246 cm³/mol. The molecule has 3 N–H and O–H groups in total. The number of carbonyl (C=O) groups is 6. The molecule has 0 aromatic heterocycles. The molecule has 3 saturated heterocycles. The number of amides is 6. The van der Waals surface area contributed by atoms with Gasteiger partial charge in [0, 0.05) is 77.2 Å². The number of carbonyl (C=O) groups excluding carboxylic acids is 6. The molecule has 2 spiro atoms. The van der Waals surface area contributed by atoms with Crippen LogP contribution in [0.5, 0.6) is 0 Å². The van der Waals surface area contributed by atoms with Crippen molar-refractivity contribution in [3.63, 3.8) is 0 Å². The lowest BCUT2D eigenvalue weighted by molar-refractivity contribution is -0.138. The first-order valence-corrected chi connectivity index (χ1v) is 24.2. The molecular weight excluding hydrogens is 883 g/mol. The number of hydrogen-bond acceptors (Lipinski definition) is 7. The van der Waals surface area contributed by atoms with Crippen LogP contribution in [0.1, 0.15) is 122 Å². The van der Waals surface area contributed by atoms with E-state index in [0.29, 0.717) is 74.3 Å². The van der Waals surface area contributed by atoms with Gasteiger partial charge in [0.1, 0.15) is 17.3 Å². The van der Waals surface area contributed by atoms with E-state index in [1.54, 1.807) is 36.4 Å². The van der Waals surface area contributed by atoms with E-state index in [9.17, 15) is 28.8 Å². The third-order valence-corrected chi connectivity index (χ3v) is 16.6. The number of likely N-dealkylation sites (tertiary alicyclic amines) is 2. The Balaban J connectivity index is 0.799. The van der Waals surface area contributed by atoms with Crippen molar-refractivity contribution in [2.75, 3.05) is 25.5 Å². The lowest BCUT2D eigenvalue weighted by Gasteiger charge is -2.49. The van der Waals surface area contributed by atoms with Crippen molar-refractivity contribution in [2.24, 2.45) is 11.8 Å². The Morgan fingerprint density at radius 3 is 2.36 bits per heavy atom. The molecule has 5 aliphatic heterocycles. The molecule has 2 saturated carbocycles. The summed E-state index contributed by atoms with van der Waals surface area (Å²) in [5.41, 5.74) is 1.51. The fourth-order valence-electron chi connectivity index (χ4n) is 12.9. The van der Waals surface area contributed by atoms with Crippen molar-refractivity contribution < 1.29 is 33.2 Å². The van der Waals surface area contributed by atoms with E-state index in [2.05, 4.69) is 32.7 Å². The summed E-state index contributed by atoms with van der Waals surface area (Å²) in [5.74, 6) is 3.67. The maximum absolute atomic E-state index is 16.5. The van der Waals surface area contributed by atoms with Gasteiger partial charge < -0.3 is 20.4 Å². The molecule has 3 aromatic rings. The summed E-state index contributed by atoms with van der Waals surface area (Å²) in [6, 6.07) is 13.8. The monoisotopic (exact) mass is 934 g/mol. The summed E-state index contributed by atoms with van der Waals surface area (Å²) in [6.07, 6.45) is 8.42. The molecule has 10 rings (SSSR count). The quantitative estimate of drug-likeness (QED) is 0.187. The lowest BCUT2D eigenvalue weighted by Crippen LogP contribution is -2.60. The van der Waals surface area contributed by atoms with Gasteiger partial charge in [0.2, 0.25) is 29.5 Å². The Labute approximate surface area is 393 Å². The molecule has 7 aliphatic rings. The highest BCUT2D eigenvalue weighted by atomic mass is 35.5. The highest BCUT2D eigenvalue weighted by Gasteiger charge is 2.74. The number of likely N-dealkylation sites (N-methyl/N-ethyl adjacent to an activating group) is 1. The third kappa shape index (κ3) is 7.21. The Hall–Kier alpha value is -5.29. The molecule has 5 heterocycles. The number of rotatable bonds is 5. The second kappa shape index (κ2) is 17.4. The standard InChI is InChI=1S/C51H53Cl2FN6O6/c1-58-44(42(35-9-6-10-38(53)43(35)54)51(50(58)23-3-2-4-24-50)37-18-15-32(52)27-39(37)56-49(51)66)46(63)55-33-16-13-31(14-17-33)47(64)59-25-21-29(22-26-59)11-12-30-7-5-8-34-36(30)28-60(48(34)65)40-19-20-41(61)57-45(40)62/h5-10,15,18,27,29,31,33,40,42,44H,2-4,13-14,16-17,19-26,28H2,1H3,(H,55,63)(H,56,66)(H,57,61,62)/t31?,33?,40?,42-,44+,51+/m0/s1. The van der Waals surface area contributed by atoms with Crippen LogP contribution in [0.25, 0.3) is 0 Å². The molecule has 4 atom stereocenters.